The van der Waals surface area contributed by atoms with Crippen molar-refractivity contribution in [2.45, 2.75) is 18.8 Å². The third-order valence-electron chi connectivity index (χ3n) is 2.61. The van der Waals surface area contributed by atoms with Gasteiger partial charge in [-0.3, -0.25) is 0 Å². The van der Waals surface area contributed by atoms with Crippen LogP contribution in [0.5, 0.6) is 0 Å². The molecule has 1 saturated heterocycles. The van der Waals surface area contributed by atoms with E-state index in [4.69, 9.17) is 5.26 Å². The Morgan fingerprint density at radius 1 is 1.71 bits per heavy atom. The average Bonchev–Trinajstić information content (AvgIpc) is 2.66. The van der Waals surface area contributed by atoms with Crippen LogP contribution in [0.2, 0.25) is 0 Å². The third kappa shape index (κ3) is 1.94. The number of aromatic nitrogens is 1. The minimum Gasteiger partial charge on any atom is -0.306 e. The van der Waals surface area contributed by atoms with Crippen LogP contribution in [0.4, 0.5) is 0 Å². The molecule has 4 heteroatoms. The standard InChI is InChI=1S/C10H13N3S/c1-13-4-2-3-8(6-13)10-12-9(5-11)7-14-10/h7-8H,2-4,6H2,1H3. The van der Waals surface area contributed by atoms with Gasteiger partial charge in [-0.25, -0.2) is 4.98 Å². The van der Waals surface area contributed by atoms with E-state index in [0.29, 0.717) is 11.6 Å². The Morgan fingerprint density at radius 2 is 2.57 bits per heavy atom. The van der Waals surface area contributed by atoms with Crippen molar-refractivity contribution >= 4 is 11.3 Å². The first kappa shape index (κ1) is 9.63. The van der Waals surface area contributed by atoms with Gasteiger partial charge in [-0.15, -0.1) is 11.3 Å². The molecule has 1 unspecified atom stereocenters. The van der Waals surface area contributed by atoms with Gasteiger partial charge in [-0.1, -0.05) is 0 Å². The van der Waals surface area contributed by atoms with E-state index in [-0.39, 0.29) is 0 Å². The largest absolute Gasteiger partial charge is 0.306 e. The molecule has 0 aliphatic carbocycles. The zero-order valence-electron chi connectivity index (χ0n) is 8.23. The highest BCUT2D eigenvalue weighted by Gasteiger charge is 2.21. The highest BCUT2D eigenvalue weighted by molar-refractivity contribution is 7.09. The Kier molecular flexibility index (Phi) is 2.80. The van der Waals surface area contributed by atoms with Crippen LogP contribution in [0.15, 0.2) is 5.38 Å². The lowest BCUT2D eigenvalue weighted by Gasteiger charge is -2.28. The second-order valence-electron chi connectivity index (χ2n) is 3.78. The summed E-state index contributed by atoms with van der Waals surface area (Å²) in [6.07, 6.45) is 2.45. The van der Waals surface area contributed by atoms with Crippen LogP contribution < -0.4 is 0 Å². The van der Waals surface area contributed by atoms with Crippen molar-refractivity contribution in [2.75, 3.05) is 20.1 Å². The SMILES string of the molecule is CN1CCCC(c2nc(C#N)cs2)C1. The van der Waals surface area contributed by atoms with Gasteiger partial charge in [0.25, 0.3) is 0 Å². The molecular formula is C10H13N3S. The van der Waals surface area contributed by atoms with Crippen molar-refractivity contribution in [3.05, 3.63) is 16.1 Å². The lowest BCUT2D eigenvalue weighted by molar-refractivity contribution is 0.250. The van der Waals surface area contributed by atoms with Crippen LogP contribution in [-0.2, 0) is 0 Å². The number of likely N-dealkylation sites (N-methyl/N-ethyl adjacent to an activating group) is 1. The summed E-state index contributed by atoms with van der Waals surface area (Å²) in [5, 5.41) is 11.7. The van der Waals surface area contributed by atoms with E-state index in [0.717, 1.165) is 11.6 Å². The molecule has 1 fully saturated rings. The van der Waals surface area contributed by atoms with Gasteiger partial charge in [0.2, 0.25) is 0 Å². The number of thiazole rings is 1. The van der Waals surface area contributed by atoms with Gasteiger partial charge in [-0.05, 0) is 26.4 Å². The van der Waals surface area contributed by atoms with E-state index in [2.05, 4.69) is 23.0 Å². The molecule has 1 aliphatic rings. The van der Waals surface area contributed by atoms with Crippen molar-refractivity contribution in [3.8, 4) is 6.07 Å². The predicted molar refractivity (Wildman–Crippen MR) is 56.3 cm³/mol. The van der Waals surface area contributed by atoms with Crippen molar-refractivity contribution < 1.29 is 0 Å². The number of hydrogen-bond acceptors (Lipinski definition) is 4. The van der Waals surface area contributed by atoms with Crippen LogP contribution in [0.1, 0.15) is 29.5 Å². The topological polar surface area (TPSA) is 39.9 Å². The fourth-order valence-corrected chi connectivity index (χ4v) is 2.77. The number of nitriles is 1. The minimum atomic E-state index is 0.542. The zero-order valence-corrected chi connectivity index (χ0v) is 9.05. The molecule has 0 N–H and O–H groups in total. The molecule has 0 saturated carbocycles. The highest BCUT2D eigenvalue weighted by Crippen LogP contribution is 2.28. The molecule has 3 nitrogen and oxygen atoms in total. The van der Waals surface area contributed by atoms with Crippen LogP contribution in [0.25, 0.3) is 0 Å². The number of nitrogens with zero attached hydrogens (tertiary/aromatic N) is 3. The number of rotatable bonds is 1. The predicted octanol–water partition coefficient (Wildman–Crippen LogP) is 1.82. The van der Waals surface area contributed by atoms with Gasteiger partial charge < -0.3 is 4.90 Å². The van der Waals surface area contributed by atoms with Gasteiger partial charge in [0, 0.05) is 17.8 Å². The summed E-state index contributed by atoms with van der Waals surface area (Å²) < 4.78 is 0. The second kappa shape index (κ2) is 4.07. The molecule has 0 radical (unpaired) electrons. The summed E-state index contributed by atoms with van der Waals surface area (Å²) in [5.74, 6) is 0.542. The van der Waals surface area contributed by atoms with Crippen molar-refractivity contribution in [1.82, 2.24) is 9.88 Å². The van der Waals surface area contributed by atoms with E-state index < -0.39 is 0 Å². The number of hydrogen-bond donors (Lipinski definition) is 0. The Labute approximate surface area is 88.0 Å². The molecule has 1 aliphatic heterocycles. The first-order chi connectivity index (χ1) is 6.79. The van der Waals surface area contributed by atoms with E-state index in [9.17, 15) is 0 Å². The van der Waals surface area contributed by atoms with Gasteiger partial charge >= 0.3 is 0 Å². The number of likely N-dealkylation sites (tertiary alicyclic amines) is 1. The Balaban J connectivity index is 2.10. The summed E-state index contributed by atoms with van der Waals surface area (Å²) in [5.41, 5.74) is 0.568. The lowest BCUT2D eigenvalue weighted by atomic mass is 9.99. The Hall–Kier alpha value is -0.920. The maximum Gasteiger partial charge on any atom is 0.151 e. The molecule has 2 heterocycles. The van der Waals surface area contributed by atoms with Crippen LogP contribution in [-0.4, -0.2) is 30.0 Å². The Morgan fingerprint density at radius 3 is 3.21 bits per heavy atom. The fraction of sp³-hybridized carbons (Fsp3) is 0.600. The van der Waals surface area contributed by atoms with Crippen LogP contribution in [0, 0.1) is 11.3 Å². The average molecular weight is 207 g/mol. The molecule has 2 rings (SSSR count). The van der Waals surface area contributed by atoms with Crippen molar-refractivity contribution in [2.24, 2.45) is 0 Å². The Bertz CT molecular complexity index is 352. The molecule has 1 aromatic heterocycles. The second-order valence-corrected chi connectivity index (χ2v) is 4.67. The maximum atomic E-state index is 8.69. The molecule has 0 aromatic carbocycles. The van der Waals surface area contributed by atoms with Crippen LogP contribution >= 0.6 is 11.3 Å². The third-order valence-corrected chi connectivity index (χ3v) is 3.62. The maximum absolute atomic E-state index is 8.69. The number of piperidine rings is 1. The summed E-state index contributed by atoms with van der Waals surface area (Å²) in [4.78, 5) is 6.65. The molecule has 1 atom stereocenters. The molecule has 74 valence electrons. The first-order valence-corrected chi connectivity index (χ1v) is 5.71. The zero-order chi connectivity index (χ0) is 9.97. The minimum absolute atomic E-state index is 0.542. The molecule has 0 bridgehead atoms. The van der Waals surface area contributed by atoms with Gasteiger partial charge in [-0.2, -0.15) is 5.26 Å². The van der Waals surface area contributed by atoms with E-state index >= 15 is 0 Å². The monoisotopic (exact) mass is 207 g/mol. The van der Waals surface area contributed by atoms with E-state index in [1.54, 1.807) is 11.3 Å². The van der Waals surface area contributed by atoms with E-state index in [1.807, 2.05) is 5.38 Å². The normalized spacial score (nSPS) is 23.3. The first-order valence-electron chi connectivity index (χ1n) is 4.83. The summed E-state index contributed by atoms with van der Waals surface area (Å²) in [6.45, 7) is 2.27. The van der Waals surface area contributed by atoms with Crippen molar-refractivity contribution in [3.63, 3.8) is 0 Å². The van der Waals surface area contributed by atoms with Crippen LogP contribution in [0.3, 0.4) is 0 Å². The highest BCUT2D eigenvalue weighted by atomic mass is 32.1. The molecule has 0 amide bonds. The van der Waals surface area contributed by atoms with E-state index in [1.165, 1.54) is 19.4 Å². The van der Waals surface area contributed by atoms with Gasteiger partial charge in [0.15, 0.2) is 5.69 Å². The molecular weight excluding hydrogens is 194 g/mol. The lowest BCUT2D eigenvalue weighted by Crippen LogP contribution is -2.30. The summed E-state index contributed by atoms with van der Waals surface area (Å²) in [7, 11) is 2.14. The van der Waals surface area contributed by atoms with Crippen molar-refractivity contribution in [1.29, 1.82) is 5.26 Å². The quantitative estimate of drug-likeness (QED) is 0.705. The summed E-state index contributed by atoms with van der Waals surface area (Å²) in [6, 6.07) is 2.08. The van der Waals surface area contributed by atoms with Gasteiger partial charge in [0.05, 0.1) is 5.01 Å². The molecule has 14 heavy (non-hydrogen) atoms. The molecule has 1 aromatic rings. The van der Waals surface area contributed by atoms with Gasteiger partial charge in [0.1, 0.15) is 6.07 Å². The summed E-state index contributed by atoms with van der Waals surface area (Å²) >= 11 is 1.62. The molecule has 0 spiro atoms. The smallest absolute Gasteiger partial charge is 0.151 e. The fourth-order valence-electron chi connectivity index (χ4n) is 1.89.